The Morgan fingerprint density at radius 3 is 2.73 bits per heavy atom. The summed E-state index contributed by atoms with van der Waals surface area (Å²) >= 11 is 6.33. The Morgan fingerprint density at radius 1 is 1.19 bits per heavy atom. The second-order valence-corrected chi connectivity index (χ2v) is 9.47. The summed E-state index contributed by atoms with van der Waals surface area (Å²) in [4.78, 5) is 64.0. The van der Waals surface area contributed by atoms with E-state index < -0.39 is 24.1 Å². The number of benzene rings is 2. The maximum atomic E-state index is 12.8. The average Bonchev–Trinajstić information content (AvgIpc) is 3.42. The van der Waals surface area contributed by atoms with Gasteiger partial charge in [-0.1, -0.05) is 23.7 Å². The minimum absolute atomic E-state index is 0.191. The summed E-state index contributed by atoms with van der Waals surface area (Å²) in [5.74, 6) is -1.05. The number of piperidine rings is 1. The van der Waals surface area contributed by atoms with Crippen LogP contribution < -0.4 is 20.9 Å². The quantitative estimate of drug-likeness (QED) is 0.513. The lowest BCUT2D eigenvalue weighted by Crippen LogP contribution is -2.52. The molecule has 1 atom stereocenters. The van der Waals surface area contributed by atoms with Gasteiger partial charge < -0.3 is 20.3 Å². The fourth-order valence-electron chi connectivity index (χ4n) is 4.72. The molecule has 3 N–H and O–H groups in total. The highest BCUT2D eigenvalue weighted by Crippen LogP contribution is 2.33. The maximum absolute atomic E-state index is 12.8. The molecule has 6 amide bonds. The Hall–Kier alpha value is -4.12. The summed E-state index contributed by atoms with van der Waals surface area (Å²) in [6, 6.07) is 7.35. The molecule has 3 aliphatic rings. The van der Waals surface area contributed by atoms with E-state index in [0.717, 1.165) is 11.1 Å². The van der Waals surface area contributed by atoms with E-state index in [1.807, 2.05) is 6.07 Å². The largest absolute Gasteiger partial charge is 0.447 e. The van der Waals surface area contributed by atoms with Gasteiger partial charge in [-0.25, -0.2) is 9.59 Å². The number of halogens is 1. The van der Waals surface area contributed by atoms with Crippen LogP contribution in [0.25, 0.3) is 0 Å². The number of carbonyl (C=O) groups excluding carboxylic acids is 5. The van der Waals surface area contributed by atoms with Crippen LogP contribution in [0.5, 0.6) is 0 Å². The van der Waals surface area contributed by atoms with Gasteiger partial charge in [0, 0.05) is 35.8 Å². The van der Waals surface area contributed by atoms with E-state index in [9.17, 15) is 24.0 Å². The first kappa shape index (κ1) is 24.6. The first-order chi connectivity index (χ1) is 17.7. The van der Waals surface area contributed by atoms with Crippen molar-refractivity contribution < 1.29 is 28.7 Å². The lowest BCUT2D eigenvalue weighted by molar-refractivity contribution is -0.136. The predicted octanol–water partition coefficient (Wildman–Crippen LogP) is 2.69. The monoisotopic (exact) mass is 525 g/mol. The first-order valence-electron chi connectivity index (χ1n) is 11.8. The summed E-state index contributed by atoms with van der Waals surface area (Å²) in [6.07, 6.45) is 0.0197. The standard InChI is InChI=1S/C25H24ClN5O6/c1-13-18(26)9-16(10-20(13)30-6-7-37-25(30)36)28-24(35)27-11-14-2-3-17-15(8-14)12-31(23(17)34)19-4-5-21(32)29-22(19)33/h2-3,8-10,19H,4-7,11-12H2,1H3,(H2,27,28,35)(H,29,32,33). The molecule has 2 aromatic carbocycles. The van der Waals surface area contributed by atoms with Gasteiger partial charge in [0.15, 0.2) is 0 Å². The van der Waals surface area contributed by atoms with Gasteiger partial charge in [0.1, 0.15) is 12.6 Å². The second kappa shape index (κ2) is 9.74. The Kier molecular flexibility index (Phi) is 6.46. The maximum Gasteiger partial charge on any atom is 0.414 e. The molecule has 37 heavy (non-hydrogen) atoms. The van der Waals surface area contributed by atoms with Crippen molar-refractivity contribution in [2.24, 2.45) is 0 Å². The molecule has 11 nitrogen and oxygen atoms in total. The topological polar surface area (TPSA) is 137 Å². The zero-order valence-electron chi connectivity index (χ0n) is 19.9. The van der Waals surface area contributed by atoms with E-state index in [1.165, 1.54) is 9.80 Å². The highest BCUT2D eigenvalue weighted by molar-refractivity contribution is 6.32. The summed E-state index contributed by atoms with van der Waals surface area (Å²) in [7, 11) is 0. The van der Waals surface area contributed by atoms with Crippen LogP contribution in [0.4, 0.5) is 21.0 Å². The normalized spacial score (nSPS) is 19.0. The number of imide groups is 1. The van der Waals surface area contributed by atoms with Gasteiger partial charge in [0.2, 0.25) is 11.8 Å². The Labute approximate surface area is 217 Å². The molecule has 1 unspecified atom stereocenters. The van der Waals surface area contributed by atoms with Crippen LogP contribution in [0, 0.1) is 6.92 Å². The number of anilines is 2. The van der Waals surface area contributed by atoms with Crippen LogP contribution in [0.2, 0.25) is 5.02 Å². The molecule has 0 radical (unpaired) electrons. The fourth-order valence-corrected chi connectivity index (χ4v) is 4.94. The van der Waals surface area contributed by atoms with Crippen LogP contribution in [0.15, 0.2) is 30.3 Å². The lowest BCUT2D eigenvalue weighted by atomic mass is 10.0. The van der Waals surface area contributed by atoms with E-state index in [1.54, 1.807) is 31.2 Å². The molecular weight excluding hydrogens is 502 g/mol. The van der Waals surface area contributed by atoms with Crippen LogP contribution in [-0.2, 0) is 27.4 Å². The number of rotatable bonds is 5. The third-order valence-electron chi connectivity index (χ3n) is 6.67. The van der Waals surface area contributed by atoms with Gasteiger partial charge in [-0.3, -0.25) is 24.6 Å². The number of nitrogens with one attached hydrogen (secondary N) is 3. The van der Waals surface area contributed by atoms with Crippen molar-refractivity contribution in [3.63, 3.8) is 0 Å². The van der Waals surface area contributed by atoms with E-state index in [4.69, 9.17) is 16.3 Å². The van der Waals surface area contributed by atoms with Gasteiger partial charge in [0.05, 0.1) is 12.2 Å². The molecule has 0 bridgehead atoms. The smallest absolute Gasteiger partial charge is 0.414 e. The summed E-state index contributed by atoms with van der Waals surface area (Å²) < 4.78 is 5.00. The van der Waals surface area contributed by atoms with Gasteiger partial charge in [-0.2, -0.15) is 0 Å². The summed E-state index contributed by atoms with van der Waals surface area (Å²) in [5.41, 5.74) is 3.71. The fraction of sp³-hybridized carbons (Fsp3) is 0.320. The second-order valence-electron chi connectivity index (χ2n) is 9.07. The number of ether oxygens (including phenoxy) is 1. The van der Waals surface area contributed by atoms with E-state index in [-0.39, 0.29) is 37.9 Å². The number of fused-ring (bicyclic) bond motifs is 1. The van der Waals surface area contributed by atoms with Crippen molar-refractivity contribution in [3.05, 3.63) is 57.6 Å². The highest BCUT2D eigenvalue weighted by atomic mass is 35.5. The van der Waals surface area contributed by atoms with Crippen LogP contribution in [-0.4, -0.2) is 53.9 Å². The van der Waals surface area contributed by atoms with Gasteiger partial charge in [-0.05, 0) is 48.2 Å². The zero-order chi connectivity index (χ0) is 26.3. The summed E-state index contributed by atoms with van der Waals surface area (Å²) in [6.45, 7) is 2.91. The number of amides is 6. The van der Waals surface area contributed by atoms with Crippen LogP contribution in [0.3, 0.4) is 0 Å². The van der Waals surface area contributed by atoms with E-state index >= 15 is 0 Å². The molecule has 0 aromatic heterocycles. The van der Waals surface area contributed by atoms with Crippen molar-refractivity contribution in [2.45, 2.75) is 38.9 Å². The molecule has 2 saturated heterocycles. The number of nitrogens with zero attached hydrogens (tertiary/aromatic N) is 2. The molecule has 192 valence electrons. The minimum Gasteiger partial charge on any atom is -0.447 e. The number of urea groups is 1. The van der Waals surface area contributed by atoms with E-state index in [2.05, 4.69) is 16.0 Å². The van der Waals surface area contributed by atoms with Gasteiger partial charge in [0.25, 0.3) is 5.91 Å². The SMILES string of the molecule is Cc1c(Cl)cc(NC(=O)NCc2ccc3c(c2)CN(C2CCC(=O)NC2=O)C3=O)cc1N1CCOC1=O. The Bertz CT molecular complexity index is 1350. The molecule has 2 aromatic rings. The average molecular weight is 526 g/mol. The molecule has 2 fully saturated rings. The molecule has 3 aliphatic heterocycles. The summed E-state index contributed by atoms with van der Waals surface area (Å²) in [5, 5.41) is 8.18. The van der Waals surface area contributed by atoms with Gasteiger partial charge in [-0.15, -0.1) is 0 Å². The number of carbonyl (C=O) groups is 5. The number of hydrogen-bond acceptors (Lipinski definition) is 6. The highest BCUT2D eigenvalue weighted by Gasteiger charge is 2.39. The van der Waals surface area contributed by atoms with Crippen molar-refractivity contribution in [2.75, 3.05) is 23.4 Å². The molecule has 0 spiro atoms. The van der Waals surface area contributed by atoms with Crippen molar-refractivity contribution in [1.29, 1.82) is 0 Å². The molecule has 0 saturated carbocycles. The third-order valence-corrected chi connectivity index (χ3v) is 7.06. The third kappa shape index (κ3) is 4.82. The molecule has 3 heterocycles. The minimum atomic E-state index is -0.682. The van der Waals surface area contributed by atoms with Crippen LogP contribution >= 0.6 is 11.6 Å². The number of hydrogen-bond donors (Lipinski definition) is 3. The first-order valence-corrected chi connectivity index (χ1v) is 12.1. The number of cyclic esters (lactones) is 1. The Balaban J connectivity index is 1.22. The van der Waals surface area contributed by atoms with Crippen LogP contribution in [0.1, 0.15) is 39.9 Å². The van der Waals surface area contributed by atoms with Crippen molar-refractivity contribution in [1.82, 2.24) is 15.5 Å². The van der Waals surface area contributed by atoms with Gasteiger partial charge >= 0.3 is 12.1 Å². The predicted molar refractivity (Wildman–Crippen MR) is 133 cm³/mol. The van der Waals surface area contributed by atoms with E-state index in [0.29, 0.717) is 40.5 Å². The zero-order valence-corrected chi connectivity index (χ0v) is 20.7. The van der Waals surface area contributed by atoms with Crippen molar-refractivity contribution >= 4 is 52.8 Å². The molecule has 5 rings (SSSR count). The molecular formula is C25H24ClN5O6. The lowest BCUT2D eigenvalue weighted by Gasteiger charge is -2.29. The molecule has 12 heteroatoms. The van der Waals surface area contributed by atoms with Crippen molar-refractivity contribution in [3.8, 4) is 0 Å². The molecule has 0 aliphatic carbocycles. The Morgan fingerprint density at radius 2 is 2.00 bits per heavy atom.